The number of rotatable bonds is 2. The number of aromatic nitrogens is 2. The molecule has 0 saturated heterocycles. The third-order valence-corrected chi connectivity index (χ3v) is 2.77. The molecule has 0 atom stereocenters. The molecule has 0 amide bonds. The number of hydrogen-bond donors (Lipinski definition) is 1. The summed E-state index contributed by atoms with van der Waals surface area (Å²) in [6, 6.07) is 7.45. The number of H-pyrrole nitrogens is 1. The maximum Gasteiger partial charge on any atom is 0.262 e. The average molecular weight is 242 g/mol. The second-order valence-electron chi connectivity index (χ2n) is 3.76. The van der Waals surface area contributed by atoms with Gasteiger partial charge < -0.3 is 14.1 Å². The van der Waals surface area contributed by atoms with Crippen molar-refractivity contribution in [1.82, 2.24) is 9.97 Å². The van der Waals surface area contributed by atoms with E-state index in [9.17, 15) is 4.79 Å². The Kier molecular flexibility index (Phi) is 2.37. The number of furan rings is 1. The van der Waals surface area contributed by atoms with Crippen LogP contribution in [-0.4, -0.2) is 17.1 Å². The number of para-hydroxylation sites is 1. The van der Waals surface area contributed by atoms with Gasteiger partial charge in [0.2, 0.25) is 5.71 Å². The Morgan fingerprint density at radius 1 is 1.28 bits per heavy atom. The van der Waals surface area contributed by atoms with Crippen LogP contribution >= 0.6 is 0 Å². The van der Waals surface area contributed by atoms with Crippen molar-refractivity contribution < 1.29 is 9.15 Å². The van der Waals surface area contributed by atoms with Gasteiger partial charge >= 0.3 is 0 Å². The van der Waals surface area contributed by atoms with E-state index in [0.717, 1.165) is 5.56 Å². The van der Waals surface area contributed by atoms with Gasteiger partial charge in [-0.25, -0.2) is 4.98 Å². The zero-order valence-electron chi connectivity index (χ0n) is 9.64. The van der Waals surface area contributed by atoms with E-state index in [2.05, 4.69) is 9.97 Å². The molecule has 5 nitrogen and oxygen atoms in total. The van der Waals surface area contributed by atoms with E-state index in [1.807, 2.05) is 24.3 Å². The van der Waals surface area contributed by atoms with E-state index >= 15 is 0 Å². The predicted octanol–water partition coefficient (Wildman–Crippen LogP) is 2.19. The lowest BCUT2D eigenvalue weighted by Crippen LogP contribution is -2.05. The molecule has 0 aliphatic heterocycles. The van der Waals surface area contributed by atoms with Gasteiger partial charge in [-0.2, -0.15) is 0 Å². The summed E-state index contributed by atoms with van der Waals surface area (Å²) in [6.07, 6.45) is 2.84. The van der Waals surface area contributed by atoms with Crippen LogP contribution in [0.3, 0.4) is 0 Å². The summed E-state index contributed by atoms with van der Waals surface area (Å²) in [5.74, 6) is 0.684. The van der Waals surface area contributed by atoms with Gasteiger partial charge in [-0.15, -0.1) is 0 Å². The topological polar surface area (TPSA) is 68.1 Å². The van der Waals surface area contributed by atoms with E-state index in [4.69, 9.17) is 9.15 Å². The Bertz CT molecular complexity index is 758. The molecule has 0 radical (unpaired) electrons. The number of hydrogen-bond acceptors (Lipinski definition) is 4. The van der Waals surface area contributed by atoms with Gasteiger partial charge in [-0.05, 0) is 6.07 Å². The smallest absolute Gasteiger partial charge is 0.262 e. The summed E-state index contributed by atoms with van der Waals surface area (Å²) in [4.78, 5) is 18.4. The van der Waals surface area contributed by atoms with Crippen LogP contribution in [0.15, 0.2) is 46.1 Å². The van der Waals surface area contributed by atoms with Gasteiger partial charge in [0.15, 0.2) is 0 Å². The lowest BCUT2D eigenvalue weighted by Gasteiger charge is -2.05. The molecule has 2 aromatic heterocycles. The Labute approximate surface area is 102 Å². The molecule has 0 saturated carbocycles. The molecule has 1 aromatic carbocycles. The van der Waals surface area contributed by atoms with E-state index < -0.39 is 0 Å². The van der Waals surface area contributed by atoms with E-state index in [0.29, 0.717) is 22.4 Å². The highest BCUT2D eigenvalue weighted by Crippen LogP contribution is 2.33. The van der Waals surface area contributed by atoms with Crippen LogP contribution in [0.4, 0.5) is 0 Å². The van der Waals surface area contributed by atoms with Crippen LogP contribution < -0.4 is 10.3 Å². The third-order valence-electron chi connectivity index (χ3n) is 2.77. The maximum absolute atomic E-state index is 11.8. The minimum absolute atomic E-state index is 0.227. The SMILES string of the molecule is COc1ccccc1-c1coc2nc[nH]c(=O)c12. The Morgan fingerprint density at radius 3 is 2.94 bits per heavy atom. The Morgan fingerprint density at radius 2 is 2.11 bits per heavy atom. The van der Waals surface area contributed by atoms with Crippen molar-refractivity contribution in [3.05, 3.63) is 47.2 Å². The van der Waals surface area contributed by atoms with Crippen molar-refractivity contribution in [2.75, 3.05) is 7.11 Å². The summed E-state index contributed by atoms with van der Waals surface area (Å²) in [5.41, 5.74) is 1.57. The summed E-state index contributed by atoms with van der Waals surface area (Å²) in [6.45, 7) is 0. The lowest BCUT2D eigenvalue weighted by molar-refractivity contribution is 0.416. The molecule has 18 heavy (non-hydrogen) atoms. The highest BCUT2D eigenvalue weighted by atomic mass is 16.5. The van der Waals surface area contributed by atoms with Crippen molar-refractivity contribution in [3.63, 3.8) is 0 Å². The Balaban J connectivity index is 2.36. The number of fused-ring (bicyclic) bond motifs is 1. The van der Waals surface area contributed by atoms with Crippen molar-refractivity contribution >= 4 is 11.1 Å². The number of methoxy groups -OCH3 is 1. The number of nitrogens with zero attached hydrogens (tertiary/aromatic N) is 1. The first-order chi connectivity index (χ1) is 8.81. The average Bonchev–Trinajstić information content (AvgIpc) is 2.84. The summed E-state index contributed by atoms with van der Waals surface area (Å²) in [5, 5.41) is 0.432. The van der Waals surface area contributed by atoms with Gasteiger partial charge in [0.1, 0.15) is 17.4 Å². The van der Waals surface area contributed by atoms with Gasteiger partial charge in [-0.3, -0.25) is 4.79 Å². The molecule has 0 fully saturated rings. The third kappa shape index (κ3) is 1.48. The van der Waals surface area contributed by atoms with Gasteiger partial charge in [0.05, 0.1) is 13.4 Å². The van der Waals surface area contributed by atoms with Gasteiger partial charge in [0.25, 0.3) is 5.56 Å². The second-order valence-corrected chi connectivity index (χ2v) is 3.76. The minimum atomic E-state index is -0.227. The van der Waals surface area contributed by atoms with Gasteiger partial charge in [0, 0.05) is 11.1 Å². The molecule has 1 N–H and O–H groups in total. The first-order valence-electron chi connectivity index (χ1n) is 5.39. The summed E-state index contributed by atoms with van der Waals surface area (Å²) in [7, 11) is 1.59. The number of aromatic amines is 1. The molecule has 0 spiro atoms. The molecule has 3 aromatic rings. The van der Waals surface area contributed by atoms with Gasteiger partial charge in [-0.1, -0.05) is 18.2 Å². The standard InChI is InChI=1S/C13H10N2O3/c1-17-10-5-3-2-4-8(10)9-6-18-13-11(9)12(16)14-7-15-13/h2-7H,1H3,(H,14,15,16). The summed E-state index contributed by atoms with van der Waals surface area (Å²) >= 11 is 0. The van der Waals surface area contributed by atoms with Crippen LogP contribution in [0.5, 0.6) is 5.75 Å². The number of ether oxygens (including phenoxy) is 1. The normalized spacial score (nSPS) is 10.7. The lowest BCUT2D eigenvalue weighted by atomic mass is 10.1. The Hall–Kier alpha value is -2.56. The second kappa shape index (κ2) is 4.03. The van der Waals surface area contributed by atoms with Crippen LogP contribution in [0, 0.1) is 0 Å². The minimum Gasteiger partial charge on any atom is -0.496 e. The van der Waals surface area contributed by atoms with Crippen molar-refractivity contribution in [2.24, 2.45) is 0 Å². The number of benzene rings is 1. The zero-order valence-corrected chi connectivity index (χ0v) is 9.64. The molecule has 5 heteroatoms. The fourth-order valence-electron chi connectivity index (χ4n) is 1.95. The first kappa shape index (κ1) is 10.6. The van der Waals surface area contributed by atoms with Crippen LogP contribution in [0.2, 0.25) is 0 Å². The van der Waals surface area contributed by atoms with Crippen molar-refractivity contribution in [1.29, 1.82) is 0 Å². The summed E-state index contributed by atoms with van der Waals surface area (Å²) < 4.78 is 10.6. The fourth-order valence-corrected chi connectivity index (χ4v) is 1.95. The molecular weight excluding hydrogens is 232 g/mol. The highest BCUT2D eigenvalue weighted by molar-refractivity contribution is 5.93. The van der Waals surface area contributed by atoms with E-state index in [1.54, 1.807) is 7.11 Å². The molecule has 0 aliphatic rings. The molecule has 0 aliphatic carbocycles. The van der Waals surface area contributed by atoms with Crippen molar-refractivity contribution in [2.45, 2.75) is 0 Å². The molecule has 2 heterocycles. The molecule has 0 unspecified atom stereocenters. The fraction of sp³-hybridized carbons (Fsp3) is 0.0769. The maximum atomic E-state index is 11.8. The van der Waals surface area contributed by atoms with Crippen LogP contribution in [0.25, 0.3) is 22.2 Å². The van der Waals surface area contributed by atoms with Crippen molar-refractivity contribution in [3.8, 4) is 16.9 Å². The largest absolute Gasteiger partial charge is 0.496 e. The monoisotopic (exact) mass is 242 g/mol. The molecular formula is C13H10N2O3. The highest BCUT2D eigenvalue weighted by Gasteiger charge is 2.15. The molecule has 3 rings (SSSR count). The molecule has 90 valence electrons. The quantitative estimate of drug-likeness (QED) is 0.747. The molecule has 0 bridgehead atoms. The first-order valence-corrected chi connectivity index (χ1v) is 5.39. The van der Waals surface area contributed by atoms with Crippen LogP contribution in [0.1, 0.15) is 0 Å². The van der Waals surface area contributed by atoms with E-state index in [1.165, 1.54) is 12.6 Å². The zero-order chi connectivity index (χ0) is 12.5. The predicted molar refractivity (Wildman–Crippen MR) is 66.6 cm³/mol. The van der Waals surface area contributed by atoms with E-state index in [-0.39, 0.29) is 5.56 Å². The van der Waals surface area contributed by atoms with Crippen LogP contribution in [-0.2, 0) is 0 Å². The number of nitrogens with one attached hydrogen (secondary N) is 1.